The summed E-state index contributed by atoms with van der Waals surface area (Å²) in [4.78, 5) is 8.46. The van der Waals surface area contributed by atoms with Crippen LogP contribution in [0.2, 0.25) is 0 Å². The standard InChI is InChI=1S/C12H9FN2O6S2/c13-15(22(18,19)11-4-2-1-3-5-11)23(20,21)12-8-6-10(7-9-12)14(16)17/h1-9H. The largest absolute Gasteiger partial charge is 0.283 e. The molecule has 0 aliphatic heterocycles. The third kappa shape index (κ3) is 3.21. The Morgan fingerprint density at radius 3 is 1.70 bits per heavy atom. The number of nitro groups is 1. The zero-order valence-electron chi connectivity index (χ0n) is 11.2. The van der Waals surface area contributed by atoms with Gasteiger partial charge in [-0.1, -0.05) is 18.2 Å². The maximum absolute atomic E-state index is 14.1. The molecular weight excluding hydrogens is 351 g/mol. The number of non-ortho nitro benzene ring substituents is 1. The molecule has 0 aliphatic rings. The SMILES string of the molecule is O=[N+]([O-])c1ccc(S(=O)(=O)N(F)S(=O)(=O)c2ccccc2)cc1. The molecule has 0 saturated carbocycles. The fourth-order valence-corrected chi connectivity index (χ4v) is 4.49. The van der Waals surface area contributed by atoms with Gasteiger partial charge in [0.1, 0.15) is 0 Å². The molecular formula is C12H9FN2O6S2. The summed E-state index contributed by atoms with van der Waals surface area (Å²) in [7, 11) is -9.96. The lowest BCUT2D eigenvalue weighted by atomic mass is 10.3. The van der Waals surface area contributed by atoms with E-state index in [1.807, 2.05) is 0 Å². The van der Waals surface area contributed by atoms with Gasteiger partial charge in [-0.3, -0.25) is 10.1 Å². The molecule has 0 radical (unpaired) electrons. The smallest absolute Gasteiger partial charge is 0.258 e. The van der Waals surface area contributed by atoms with E-state index in [9.17, 15) is 31.4 Å². The fourth-order valence-electron chi connectivity index (χ4n) is 1.63. The Bertz CT molecular complexity index is 927. The highest BCUT2D eigenvalue weighted by atomic mass is 32.3. The minimum atomic E-state index is -5.03. The van der Waals surface area contributed by atoms with Crippen LogP contribution in [0.25, 0.3) is 0 Å². The molecule has 0 amide bonds. The van der Waals surface area contributed by atoms with Crippen LogP contribution in [0.5, 0.6) is 0 Å². The number of halogens is 1. The maximum Gasteiger partial charge on any atom is 0.283 e. The van der Waals surface area contributed by atoms with Gasteiger partial charge in [-0.25, -0.2) is 16.8 Å². The summed E-state index contributed by atoms with van der Waals surface area (Å²) >= 11 is 0. The fraction of sp³-hybridized carbons (Fsp3) is 0. The van der Waals surface area contributed by atoms with E-state index in [4.69, 9.17) is 0 Å². The quantitative estimate of drug-likeness (QED) is 0.457. The molecule has 2 rings (SSSR count). The van der Waals surface area contributed by atoms with Gasteiger partial charge in [0.15, 0.2) is 0 Å². The summed E-state index contributed by atoms with van der Waals surface area (Å²) < 4.78 is 60.9. The molecule has 122 valence electrons. The minimum Gasteiger partial charge on any atom is -0.258 e. The number of nitrogens with zero attached hydrogens (tertiary/aromatic N) is 2. The predicted octanol–water partition coefficient (Wildman–Crippen LogP) is 1.86. The highest BCUT2D eigenvalue weighted by Crippen LogP contribution is 2.25. The van der Waals surface area contributed by atoms with Gasteiger partial charge in [0.05, 0.1) is 18.6 Å². The molecule has 0 aromatic heterocycles. The van der Waals surface area contributed by atoms with E-state index in [0.717, 1.165) is 36.4 Å². The average molecular weight is 360 g/mol. The third-order valence-electron chi connectivity index (χ3n) is 2.76. The zero-order chi connectivity index (χ0) is 17.3. The highest BCUT2D eigenvalue weighted by Gasteiger charge is 2.37. The van der Waals surface area contributed by atoms with Crippen LogP contribution in [0.15, 0.2) is 64.4 Å². The van der Waals surface area contributed by atoms with E-state index < -0.39 is 44.4 Å². The average Bonchev–Trinajstić information content (AvgIpc) is 2.55. The van der Waals surface area contributed by atoms with Crippen molar-refractivity contribution in [2.75, 3.05) is 0 Å². The van der Waals surface area contributed by atoms with Crippen LogP contribution in [-0.2, 0) is 20.0 Å². The summed E-state index contributed by atoms with van der Waals surface area (Å²) in [6, 6.07) is 9.32. The molecule has 8 nitrogen and oxygen atoms in total. The van der Waals surface area contributed by atoms with Gasteiger partial charge >= 0.3 is 0 Å². The molecule has 0 heterocycles. The van der Waals surface area contributed by atoms with Crippen molar-refractivity contribution >= 4 is 25.7 Å². The lowest BCUT2D eigenvalue weighted by molar-refractivity contribution is -0.384. The van der Waals surface area contributed by atoms with Crippen molar-refractivity contribution in [3.63, 3.8) is 0 Å². The number of hydrogen-bond acceptors (Lipinski definition) is 6. The highest BCUT2D eigenvalue weighted by molar-refractivity contribution is 8.03. The lowest BCUT2D eigenvalue weighted by Gasteiger charge is -2.12. The molecule has 0 fully saturated rings. The Labute approximate surface area is 131 Å². The first-order chi connectivity index (χ1) is 10.7. The first-order valence-corrected chi connectivity index (χ1v) is 8.81. The van der Waals surface area contributed by atoms with Gasteiger partial charge in [0.2, 0.25) is 0 Å². The van der Waals surface area contributed by atoms with Gasteiger partial charge in [0.25, 0.3) is 25.7 Å². The second-order valence-electron chi connectivity index (χ2n) is 4.23. The molecule has 0 aliphatic carbocycles. The molecule has 2 aromatic carbocycles. The molecule has 0 unspecified atom stereocenters. The van der Waals surface area contributed by atoms with Gasteiger partial charge in [-0.15, -0.1) is 4.48 Å². The van der Waals surface area contributed by atoms with Gasteiger partial charge in [-0.05, 0) is 24.3 Å². The summed E-state index contributed by atoms with van der Waals surface area (Å²) in [6.07, 6.45) is 0. The number of hydrogen-bond donors (Lipinski definition) is 0. The van der Waals surface area contributed by atoms with E-state index in [1.54, 1.807) is 0 Å². The van der Waals surface area contributed by atoms with Crippen LogP contribution >= 0.6 is 0 Å². The van der Waals surface area contributed by atoms with Gasteiger partial charge in [0, 0.05) is 12.1 Å². The molecule has 0 N–H and O–H groups in total. The van der Waals surface area contributed by atoms with Crippen LogP contribution in [-0.4, -0.2) is 25.7 Å². The second kappa shape index (κ2) is 6.02. The van der Waals surface area contributed by atoms with Crippen LogP contribution in [0.3, 0.4) is 0 Å². The number of benzene rings is 2. The van der Waals surface area contributed by atoms with Crippen molar-refractivity contribution in [2.24, 2.45) is 0 Å². The monoisotopic (exact) mass is 360 g/mol. The molecule has 0 saturated heterocycles. The summed E-state index contributed by atoms with van der Waals surface area (Å²) in [5.74, 6) is 0. The molecule has 0 spiro atoms. The van der Waals surface area contributed by atoms with Crippen molar-refractivity contribution in [1.82, 2.24) is 3.93 Å². The minimum absolute atomic E-state index is 0.416. The molecule has 0 atom stereocenters. The van der Waals surface area contributed by atoms with Gasteiger partial charge < -0.3 is 0 Å². The first-order valence-electron chi connectivity index (χ1n) is 5.93. The zero-order valence-corrected chi connectivity index (χ0v) is 12.9. The normalized spacial score (nSPS) is 12.3. The Kier molecular flexibility index (Phi) is 4.45. The number of sulfonamides is 2. The summed E-state index contributed by atoms with van der Waals surface area (Å²) in [5, 5.41) is 10.5. The predicted molar refractivity (Wildman–Crippen MR) is 76.9 cm³/mol. The van der Waals surface area contributed by atoms with E-state index in [-0.39, 0.29) is 0 Å². The topological polar surface area (TPSA) is 115 Å². The van der Waals surface area contributed by atoms with Gasteiger partial charge in [-0.2, -0.15) is 0 Å². The Balaban J connectivity index is 2.45. The van der Waals surface area contributed by atoms with Crippen molar-refractivity contribution in [3.8, 4) is 0 Å². The number of rotatable bonds is 5. The first kappa shape index (κ1) is 17.0. The summed E-state index contributed by atoms with van der Waals surface area (Å²) in [5.41, 5.74) is -0.416. The van der Waals surface area contributed by atoms with Crippen molar-refractivity contribution < 1.29 is 26.2 Å². The second-order valence-corrected chi connectivity index (χ2v) is 7.94. The van der Waals surface area contributed by atoms with Crippen LogP contribution < -0.4 is 0 Å². The van der Waals surface area contributed by atoms with E-state index in [1.165, 1.54) is 18.2 Å². The summed E-state index contributed by atoms with van der Waals surface area (Å²) in [6.45, 7) is 0. The van der Waals surface area contributed by atoms with E-state index in [0.29, 0.717) is 0 Å². The van der Waals surface area contributed by atoms with Crippen LogP contribution in [0.1, 0.15) is 0 Å². The van der Waals surface area contributed by atoms with E-state index in [2.05, 4.69) is 0 Å². The van der Waals surface area contributed by atoms with Crippen molar-refractivity contribution in [3.05, 3.63) is 64.7 Å². The maximum atomic E-state index is 14.1. The molecule has 23 heavy (non-hydrogen) atoms. The molecule has 0 bridgehead atoms. The van der Waals surface area contributed by atoms with Crippen LogP contribution in [0, 0.1) is 10.1 Å². The number of nitro benzene ring substituents is 1. The van der Waals surface area contributed by atoms with Crippen LogP contribution in [0.4, 0.5) is 10.2 Å². The van der Waals surface area contributed by atoms with E-state index >= 15 is 0 Å². The Hall–Kier alpha value is -2.37. The molecule has 2 aromatic rings. The van der Waals surface area contributed by atoms with Crippen molar-refractivity contribution in [2.45, 2.75) is 9.79 Å². The molecule has 11 heteroatoms. The Morgan fingerprint density at radius 2 is 1.26 bits per heavy atom. The lowest BCUT2D eigenvalue weighted by Crippen LogP contribution is -2.29. The third-order valence-corrected chi connectivity index (χ3v) is 6.43. The van der Waals surface area contributed by atoms with Crippen molar-refractivity contribution in [1.29, 1.82) is 0 Å². The Morgan fingerprint density at radius 1 is 0.826 bits per heavy atom.